The van der Waals surface area contributed by atoms with E-state index in [0.29, 0.717) is 11.5 Å². The molecule has 1 heterocycles. The van der Waals surface area contributed by atoms with Crippen LogP contribution in [0.3, 0.4) is 0 Å². The van der Waals surface area contributed by atoms with Gasteiger partial charge in [0, 0.05) is 27.7 Å². The zero-order valence-electron chi connectivity index (χ0n) is 18.5. The third kappa shape index (κ3) is 7.12. The Labute approximate surface area is 185 Å². The average Bonchev–Trinajstić information content (AvgIpc) is 2.70. The maximum absolute atomic E-state index is 11.9. The Morgan fingerprint density at radius 3 is 1.94 bits per heavy atom. The molecule has 1 aromatic rings. The topological polar surface area (TPSA) is 136 Å². The molecule has 32 heavy (non-hydrogen) atoms. The maximum Gasteiger partial charge on any atom is 0.303 e. The first kappa shape index (κ1) is 24.9. The van der Waals surface area contributed by atoms with Gasteiger partial charge >= 0.3 is 17.9 Å². The van der Waals surface area contributed by atoms with Gasteiger partial charge in [0.05, 0.1) is 7.11 Å². The van der Waals surface area contributed by atoms with Crippen molar-refractivity contribution in [3.05, 3.63) is 24.3 Å². The quantitative estimate of drug-likeness (QED) is 0.443. The van der Waals surface area contributed by atoms with Crippen molar-refractivity contribution in [1.82, 2.24) is 5.32 Å². The average molecular weight is 453 g/mol. The standard InChI is InChI=1S/C21H27NO10/c1-11(23)22-18-20(30-14(4)26)19(29-13(3)25)17(10-28-12(2)24)32-21(18)31-16-8-6-15(27-5)7-9-16/h6-9,17-21H,10H2,1-5H3,(H,22,23)/t17-,18+,19+,20+,21-/m0/s1. The van der Waals surface area contributed by atoms with Gasteiger partial charge in [-0.25, -0.2) is 0 Å². The number of rotatable bonds is 8. The van der Waals surface area contributed by atoms with Crippen LogP contribution in [0.15, 0.2) is 24.3 Å². The number of benzene rings is 1. The van der Waals surface area contributed by atoms with Gasteiger partial charge in [-0.15, -0.1) is 0 Å². The van der Waals surface area contributed by atoms with Gasteiger partial charge in [-0.05, 0) is 24.3 Å². The molecule has 1 aliphatic heterocycles. The van der Waals surface area contributed by atoms with E-state index in [-0.39, 0.29) is 6.61 Å². The molecule has 2 rings (SSSR count). The molecule has 1 aliphatic rings. The number of methoxy groups -OCH3 is 1. The normalized spacial score (nSPS) is 24.6. The molecule has 11 heteroatoms. The molecule has 1 N–H and O–H groups in total. The lowest BCUT2D eigenvalue weighted by molar-refractivity contribution is -0.257. The first-order valence-electron chi connectivity index (χ1n) is 9.81. The Balaban J connectivity index is 2.42. The number of esters is 3. The van der Waals surface area contributed by atoms with Crippen LogP contribution in [-0.4, -0.2) is 68.2 Å². The Hall–Kier alpha value is -3.34. The van der Waals surface area contributed by atoms with Crippen LogP contribution in [0.5, 0.6) is 11.5 Å². The number of amides is 1. The van der Waals surface area contributed by atoms with Crippen molar-refractivity contribution in [1.29, 1.82) is 0 Å². The van der Waals surface area contributed by atoms with Gasteiger partial charge in [0.2, 0.25) is 12.2 Å². The number of hydrogen-bond donors (Lipinski definition) is 1. The predicted molar refractivity (Wildman–Crippen MR) is 108 cm³/mol. The highest BCUT2D eigenvalue weighted by molar-refractivity contribution is 5.73. The Morgan fingerprint density at radius 2 is 1.44 bits per heavy atom. The Bertz CT molecular complexity index is 824. The van der Waals surface area contributed by atoms with Crippen LogP contribution in [-0.2, 0) is 38.1 Å². The molecule has 0 bridgehead atoms. The molecule has 0 saturated carbocycles. The first-order valence-corrected chi connectivity index (χ1v) is 9.81. The van der Waals surface area contributed by atoms with E-state index in [0.717, 1.165) is 0 Å². The smallest absolute Gasteiger partial charge is 0.303 e. The highest BCUT2D eigenvalue weighted by Gasteiger charge is 2.51. The maximum atomic E-state index is 11.9. The molecule has 5 atom stereocenters. The van der Waals surface area contributed by atoms with Gasteiger partial charge in [0.1, 0.15) is 30.3 Å². The van der Waals surface area contributed by atoms with Gasteiger partial charge in [0.15, 0.2) is 12.2 Å². The minimum Gasteiger partial charge on any atom is -0.497 e. The monoisotopic (exact) mass is 453 g/mol. The van der Waals surface area contributed by atoms with Crippen molar-refractivity contribution in [3.8, 4) is 11.5 Å². The molecule has 176 valence electrons. The molecule has 1 fully saturated rings. The van der Waals surface area contributed by atoms with Crippen molar-refractivity contribution in [2.45, 2.75) is 58.3 Å². The van der Waals surface area contributed by atoms with Crippen LogP contribution in [0.1, 0.15) is 27.7 Å². The largest absolute Gasteiger partial charge is 0.497 e. The Morgan fingerprint density at radius 1 is 0.875 bits per heavy atom. The van der Waals surface area contributed by atoms with Crippen LogP contribution in [0.4, 0.5) is 0 Å². The molecule has 0 aliphatic carbocycles. The summed E-state index contributed by atoms with van der Waals surface area (Å²) in [6.07, 6.45) is -4.58. The lowest BCUT2D eigenvalue weighted by Crippen LogP contribution is -2.67. The van der Waals surface area contributed by atoms with E-state index in [9.17, 15) is 19.2 Å². The summed E-state index contributed by atoms with van der Waals surface area (Å²) >= 11 is 0. The molecular weight excluding hydrogens is 426 g/mol. The van der Waals surface area contributed by atoms with Gasteiger partial charge < -0.3 is 33.7 Å². The lowest BCUT2D eigenvalue weighted by Gasteiger charge is -2.44. The molecular formula is C21H27NO10. The highest BCUT2D eigenvalue weighted by Crippen LogP contribution is 2.29. The summed E-state index contributed by atoms with van der Waals surface area (Å²) in [7, 11) is 1.52. The van der Waals surface area contributed by atoms with Crippen molar-refractivity contribution >= 4 is 23.8 Å². The minimum absolute atomic E-state index is 0.305. The van der Waals surface area contributed by atoms with E-state index in [1.165, 1.54) is 34.8 Å². The van der Waals surface area contributed by atoms with E-state index in [1.807, 2.05) is 0 Å². The van der Waals surface area contributed by atoms with Crippen LogP contribution < -0.4 is 14.8 Å². The summed E-state index contributed by atoms with van der Waals surface area (Å²) in [5, 5.41) is 2.63. The van der Waals surface area contributed by atoms with E-state index < -0.39 is 54.5 Å². The highest BCUT2D eigenvalue weighted by atomic mass is 16.7. The van der Waals surface area contributed by atoms with Gasteiger partial charge in [-0.3, -0.25) is 19.2 Å². The van der Waals surface area contributed by atoms with Crippen LogP contribution >= 0.6 is 0 Å². The summed E-state index contributed by atoms with van der Waals surface area (Å²) in [6.45, 7) is 4.51. The van der Waals surface area contributed by atoms with Gasteiger partial charge in [0.25, 0.3) is 0 Å². The fourth-order valence-electron chi connectivity index (χ4n) is 3.18. The second kappa shape index (κ2) is 11.3. The SMILES string of the molecule is COc1ccc(O[C@H]2O[C@@H](COC(C)=O)[C@@H](OC(C)=O)[C@H](OC(C)=O)[C@H]2NC(C)=O)cc1. The fourth-order valence-corrected chi connectivity index (χ4v) is 3.18. The minimum atomic E-state index is -1.18. The lowest BCUT2D eigenvalue weighted by atomic mass is 9.96. The summed E-state index contributed by atoms with van der Waals surface area (Å²) < 4.78 is 32.7. The fraction of sp³-hybridized carbons (Fsp3) is 0.524. The van der Waals surface area contributed by atoms with Crippen molar-refractivity contribution in [2.75, 3.05) is 13.7 Å². The zero-order valence-corrected chi connectivity index (χ0v) is 18.5. The second-order valence-electron chi connectivity index (χ2n) is 7.01. The predicted octanol–water partition coefficient (Wildman–Crippen LogP) is 0.730. The number of nitrogens with one attached hydrogen (secondary N) is 1. The summed E-state index contributed by atoms with van der Waals surface area (Å²) in [5.74, 6) is -1.45. The van der Waals surface area contributed by atoms with E-state index in [4.69, 9.17) is 28.4 Å². The van der Waals surface area contributed by atoms with Crippen molar-refractivity contribution < 1.29 is 47.6 Å². The first-order chi connectivity index (χ1) is 15.1. The van der Waals surface area contributed by atoms with E-state index >= 15 is 0 Å². The van der Waals surface area contributed by atoms with Crippen molar-refractivity contribution in [2.24, 2.45) is 0 Å². The molecule has 1 aromatic carbocycles. The molecule has 0 aromatic heterocycles. The Kier molecular flexibility index (Phi) is 8.82. The molecule has 11 nitrogen and oxygen atoms in total. The summed E-state index contributed by atoms with van der Waals surface area (Å²) in [4.78, 5) is 46.8. The third-order valence-corrected chi connectivity index (χ3v) is 4.38. The number of ether oxygens (including phenoxy) is 6. The third-order valence-electron chi connectivity index (χ3n) is 4.38. The van der Waals surface area contributed by atoms with E-state index in [2.05, 4.69) is 5.32 Å². The van der Waals surface area contributed by atoms with Crippen LogP contribution in [0, 0.1) is 0 Å². The van der Waals surface area contributed by atoms with Crippen molar-refractivity contribution in [3.63, 3.8) is 0 Å². The molecule has 1 saturated heterocycles. The van der Waals surface area contributed by atoms with Crippen LogP contribution in [0.2, 0.25) is 0 Å². The number of hydrogen-bond acceptors (Lipinski definition) is 10. The number of carbonyl (C=O) groups is 4. The van der Waals surface area contributed by atoms with Gasteiger partial charge in [-0.1, -0.05) is 0 Å². The molecule has 1 amide bonds. The molecule has 0 radical (unpaired) electrons. The van der Waals surface area contributed by atoms with Crippen LogP contribution in [0.25, 0.3) is 0 Å². The summed E-state index contributed by atoms with van der Waals surface area (Å²) in [6, 6.07) is 5.51. The van der Waals surface area contributed by atoms with Gasteiger partial charge in [-0.2, -0.15) is 0 Å². The molecule has 0 spiro atoms. The summed E-state index contributed by atoms with van der Waals surface area (Å²) in [5.41, 5.74) is 0. The van der Waals surface area contributed by atoms with E-state index in [1.54, 1.807) is 24.3 Å². The second-order valence-corrected chi connectivity index (χ2v) is 7.01. The molecule has 0 unspecified atom stereocenters. The number of carbonyl (C=O) groups excluding carboxylic acids is 4. The zero-order chi connectivity index (χ0) is 23.8.